The molecule has 0 aliphatic heterocycles. The van der Waals surface area contributed by atoms with Crippen molar-refractivity contribution in [2.75, 3.05) is 19.8 Å². The van der Waals surface area contributed by atoms with Crippen molar-refractivity contribution in [1.82, 2.24) is 5.32 Å². The Morgan fingerprint density at radius 3 is 2.29 bits per heavy atom. The second-order valence-corrected chi connectivity index (χ2v) is 5.86. The third-order valence-corrected chi connectivity index (χ3v) is 2.20. The van der Waals surface area contributed by atoms with Gasteiger partial charge in [0.2, 0.25) is 0 Å². The SMILES string of the molecule is CC(C)(C)CC(C)(COCCCO)NC(=O)O. The zero-order chi connectivity index (χ0) is 13.5. The molecule has 0 aliphatic carbocycles. The van der Waals surface area contributed by atoms with Gasteiger partial charge < -0.3 is 20.3 Å². The van der Waals surface area contributed by atoms with Crippen molar-refractivity contribution in [3.63, 3.8) is 0 Å². The lowest BCUT2D eigenvalue weighted by molar-refractivity contribution is 0.0481. The Labute approximate surface area is 103 Å². The number of hydrogen-bond acceptors (Lipinski definition) is 3. The third kappa shape index (κ3) is 8.94. The molecule has 5 nitrogen and oxygen atoms in total. The minimum Gasteiger partial charge on any atom is -0.465 e. The van der Waals surface area contributed by atoms with Gasteiger partial charge in [0.15, 0.2) is 0 Å². The van der Waals surface area contributed by atoms with Gasteiger partial charge in [-0.1, -0.05) is 20.8 Å². The molecule has 0 aromatic heterocycles. The average Bonchev–Trinajstić information content (AvgIpc) is 2.07. The summed E-state index contributed by atoms with van der Waals surface area (Å²) >= 11 is 0. The van der Waals surface area contributed by atoms with Gasteiger partial charge in [-0.3, -0.25) is 0 Å². The van der Waals surface area contributed by atoms with Crippen LogP contribution < -0.4 is 5.32 Å². The van der Waals surface area contributed by atoms with Crippen LogP contribution in [-0.2, 0) is 4.74 Å². The first-order valence-corrected chi connectivity index (χ1v) is 5.88. The highest BCUT2D eigenvalue weighted by Gasteiger charge is 2.31. The van der Waals surface area contributed by atoms with Crippen molar-refractivity contribution in [2.45, 2.75) is 46.1 Å². The predicted molar refractivity (Wildman–Crippen MR) is 66.2 cm³/mol. The Kier molecular flexibility index (Phi) is 6.49. The summed E-state index contributed by atoms with van der Waals surface area (Å²) < 4.78 is 5.40. The fourth-order valence-corrected chi connectivity index (χ4v) is 2.02. The van der Waals surface area contributed by atoms with Crippen LogP contribution in [0.5, 0.6) is 0 Å². The van der Waals surface area contributed by atoms with Crippen molar-refractivity contribution >= 4 is 6.09 Å². The molecule has 0 rings (SSSR count). The molecule has 102 valence electrons. The van der Waals surface area contributed by atoms with E-state index in [0.717, 1.165) is 0 Å². The van der Waals surface area contributed by atoms with Crippen LogP contribution in [0.1, 0.15) is 40.5 Å². The summed E-state index contributed by atoms with van der Waals surface area (Å²) in [5.41, 5.74) is -0.586. The standard InChI is InChI=1S/C12H25NO4/c1-11(2,3)8-12(4,13-10(15)16)9-17-7-5-6-14/h13-14H,5-9H2,1-4H3,(H,15,16). The molecule has 5 heteroatoms. The Morgan fingerprint density at radius 1 is 1.29 bits per heavy atom. The summed E-state index contributed by atoms with van der Waals surface area (Å²) in [5, 5.41) is 20.0. The Hall–Kier alpha value is -0.810. The van der Waals surface area contributed by atoms with E-state index in [1.807, 2.05) is 6.92 Å². The van der Waals surface area contributed by atoms with E-state index < -0.39 is 11.6 Å². The monoisotopic (exact) mass is 247 g/mol. The number of aliphatic hydroxyl groups is 1. The molecule has 1 unspecified atom stereocenters. The highest BCUT2D eigenvalue weighted by atomic mass is 16.5. The fourth-order valence-electron chi connectivity index (χ4n) is 2.02. The summed E-state index contributed by atoms with van der Waals surface area (Å²) in [7, 11) is 0. The predicted octanol–water partition coefficient (Wildman–Crippen LogP) is 1.85. The minimum atomic E-state index is -1.04. The number of nitrogens with one attached hydrogen (secondary N) is 1. The van der Waals surface area contributed by atoms with Crippen LogP contribution in [0.2, 0.25) is 0 Å². The summed E-state index contributed by atoms with van der Waals surface area (Å²) in [5.74, 6) is 0. The lowest BCUT2D eigenvalue weighted by Gasteiger charge is -2.35. The van der Waals surface area contributed by atoms with Crippen LogP contribution >= 0.6 is 0 Å². The molecule has 0 heterocycles. The normalized spacial score (nSPS) is 15.4. The van der Waals surface area contributed by atoms with Crippen LogP contribution in [0.3, 0.4) is 0 Å². The van der Waals surface area contributed by atoms with Crippen LogP contribution in [0.4, 0.5) is 4.79 Å². The third-order valence-electron chi connectivity index (χ3n) is 2.20. The number of amides is 1. The van der Waals surface area contributed by atoms with E-state index >= 15 is 0 Å². The molecule has 1 amide bonds. The van der Waals surface area contributed by atoms with Crippen LogP contribution in [0.25, 0.3) is 0 Å². The van der Waals surface area contributed by atoms with E-state index in [1.165, 1.54) is 0 Å². The van der Waals surface area contributed by atoms with E-state index in [-0.39, 0.29) is 12.0 Å². The van der Waals surface area contributed by atoms with Gasteiger partial charge in [-0.15, -0.1) is 0 Å². The Balaban J connectivity index is 4.34. The second kappa shape index (κ2) is 6.81. The number of hydrogen-bond donors (Lipinski definition) is 3. The van der Waals surface area contributed by atoms with E-state index in [9.17, 15) is 4.79 Å². The molecule has 0 saturated heterocycles. The zero-order valence-corrected chi connectivity index (χ0v) is 11.2. The van der Waals surface area contributed by atoms with E-state index in [1.54, 1.807) is 0 Å². The zero-order valence-electron chi connectivity index (χ0n) is 11.2. The van der Waals surface area contributed by atoms with Crippen molar-refractivity contribution in [3.8, 4) is 0 Å². The maximum absolute atomic E-state index is 10.8. The van der Waals surface area contributed by atoms with Gasteiger partial charge in [-0.25, -0.2) is 4.79 Å². The molecular weight excluding hydrogens is 222 g/mol. The fraction of sp³-hybridized carbons (Fsp3) is 0.917. The number of ether oxygens (including phenoxy) is 1. The van der Waals surface area contributed by atoms with Crippen molar-refractivity contribution in [1.29, 1.82) is 0 Å². The quantitative estimate of drug-likeness (QED) is 0.600. The molecule has 0 aliphatic rings. The largest absolute Gasteiger partial charge is 0.465 e. The number of carboxylic acid groups (broad SMARTS) is 1. The van der Waals surface area contributed by atoms with Crippen molar-refractivity contribution in [2.24, 2.45) is 5.41 Å². The highest BCUT2D eigenvalue weighted by Crippen LogP contribution is 2.27. The molecule has 1 atom stereocenters. The lowest BCUT2D eigenvalue weighted by atomic mass is 9.81. The molecule has 0 spiro atoms. The Morgan fingerprint density at radius 2 is 1.88 bits per heavy atom. The van der Waals surface area contributed by atoms with Crippen LogP contribution in [0.15, 0.2) is 0 Å². The van der Waals surface area contributed by atoms with Crippen molar-refractivity contribution in [3.05, 3.63) is 0 Å². The molecule has 0 bridgehead atoms. The molecule has 0 aromatic rings. The lowest BCUT2D eigenvalue weighted by Crippen LogP contribution is -2.51. The number of aliphatic hydroxyl groups excluding tert-OH is 1. The van der Waals surface area contributed by atoms with E-state index in [0.29, 0.717) is 26.1 Å². The maximum atomic E-state index is 10.8. The average molecular weight is 247 g/mol. The molecule has 0 aromatic carbocycles. The van der Waals surface area contributed by atoms with Gasteiger partial charge in [0.1, 0.15) is 0 Å². The maximum Gasteiger partial charge on any atom is 0.405 e. The van der Waals surface area contributed by atoms with Gasteiger partial charge in [0.05, 0.1) is 12.1 Å². The van der Waals surface area contributed by atoms with E-state index in [2.05, 4.69) is 26.1 Å². The highest BCUT2D eigenvalue weighted by molar-refractivity contribution is 5.65. The molecule has 0 radical (unpaired) electrons. The van der Waals surface area contributed by atoms with Gasteiger partial charge in [0, 0.05) is 13.2 Å². The summed E-state index contributed by atoms with van der Waals surface area (Å²) in [6.07, 6.45) is 0.215. The van der Waals surface area contributed by atoms with Gasteiger partial charge in [0.25, 0.3) is 0 Å². The van der Waals surface area contributed by atoms with Crippen LogP contribution in [0, 0.1) is 5.41 Å². The topological polar surface area (TPSA) is 78.8 Å². The molecule has 3 N–H and O–H groups in total. The molecular formula is C12H25NO4. The summed E-state index contributed by atoms with van der Waals surface area (Å²) in [6, 6.07) is 0. The first kappa shape index (κ1) is 16.2. The number of carbonyl (C=O) groups is 1. The first-order chi connectivity index (χ1) is 7.68. The molecule has 0 saturated carbocycles. The minimum absolute atomic E-state index is 0.0114. The Bertz CT molecular complexity index is 237. The number of rotatable bonds is 7. The second-order valence-electron chi connectivity index (χ2n) is 5.86. The van der Waals surface area contributed by atoms with E-state index in [4.69, 9.17) is 14.9 Å². The first-order valence-electron chi connectivity index (χ1n) is 5.88. The van der Waals surface area contributed by atoms with Gasteiger partial charge >= 0.3 is 6.09 Å². The van der Waals surface area contributed by atoms with Gasteiger partial charge in [-0.2, -0.15) is 0 Å². The van der Waals surface area contributed by atoms with Gasteiger partial charge in [-0.05, 0) is 25.2 Å². The summed E-state index contributed by atoms with van der Waals surface area (Å²) in [6.45, 7) is 8.86. The smallest absolute Gasteiger partial charge is 0.405 e. The van der Waals surface area contributed by atoms with Crippen LogP contribution in [-0.4, -0.2) is 41.7 Å². The molecule has 0 fully saturated rings. The molecule has 17 heavy (non-hydrogen) atoms. The van der Waals surface area contributed by atoms with Crippen molar-refractivity contribution < 1.29 is 19.7 Å². The summed E-state index contributed by atoms with van der Waals surface area (Å²) in [4.78, 5) is 10.8.